The van der Waals surface area contributed by atoms with Crippen molar-refractivity contribution >= 4 is 0 Å². The molecule has 0 fully saturated rings. The maximum absolute atomic E-state index is 3.00. The van der Waals surface area contributed by atoms with Gasteiger partial charge in [0.25, 0.3) is 0 Å². The van der Waals surface area contributed by atoms with Crippen molar-refractivity contribution in [3.05, 3.63) is 26.3 Å². The summed E-state index contributed by atoms with van der Waals surface area (Å²) in [5.41, 5.74) is 0. The van der Waals surface area contributed by atoms with Crippen molar-refractivity contribution in [2.75, 3.05) is 0 Å². The predicted octanol–water partition coefficient (Wildman–Crippen LogP) is 5.18. The van der Waals surface area contributed by atoms with Gasteiger partial charge in [-0.05, 0) is 13.8 Å². The van der Waals surface area contributed by atoms with Gasteiger partial charge in [-0.3, -0.25) is 0 Å². The van der Waals surface area contributed by atoms with Crippen LogP contribution in [0.2, 0.25) is 0 Å². The fourth-order valence-electron chi connectivity index (χ4n) is 0. The van der Waals surface area contributed by atoms with Crippen molar-refractivity contribution in [3.63, 3.8) is 0 Å². The van der Waals surface area contributed by atoms with Gasteiger partial charge < -0.3 is 0 Å². The van der Waals surface area contributed by atoms with E-state index in [1.807, 2.05) is 41.5 Å². The monoisotopic (exact) mass is 174 g/mol. The van der Waals surface area contributed by atoms with Gasteiger partial charge in [-0.2, -0.15) is 0 Å². The van der Waals surface area contributed by atoms with Gasteiger partial charge in [0.15, 0.2) is 0 Å². The smallest absolute Gasteiger partial charge is 0 e. The van der Waals surface area contributed by atoms with Gasteiger partial charge in [-0.25, -0.2) is 0 Å². The Hall–Kier alpha value is -0.960. The van der Waals surface area contributed by atoms with Crippen LogP contribution >= 0.6 is 0 Å². The molecule has 0 atom stereocenters. The van der Waals surface area contributed by atoms with Crippen LogP contribution in [0, 0.1) is 11.8 Å². The van der Waals surface area contributed by atoms with E-state index in [0.717, 1.165) is 0 Å². The molecular weight excluding hydrogens is 144 g/mol. The Morgan fingerprint density at radius 3 is 0.750 bits per heavy atom. The Morgan fingerprint density at radius 2 is 0.750 bits per heavy atom. The molecule has 0 heterocycles. The lowest BCUT2D eigenvalue weighted by atomic mass is 10.7. The lowest BCUT2D eigenvalue weighted by Gasteiger charge is -1.40. The molecule has 0 amide bonds. The summed E-state index contributed by atoms with van der Waals surface area (Å²) in [6, 6.07) is 0. The van der Waals surface area contributed by atoms with Crippen LogP contribution in [0.15, 0.2) is 26.3 Å². The summed E-state index contributed by atoms with van der Waals surface area (Å²) in [6.45, 7) is 23.6. The summed E-state index contributed by atoms with van der Waals surface area (Å²) < 4.78 is 0. The Bertz CT molecular complexity index is 62.1. The minimum Gasteiger partial charge on any atom is -0.107 e. The van der Waals surface area contributed by atoms with Crippen LogP contribution < -0.4 is 0 Å². The summed E-state index contributed by atoms with van der Waals surface area (Å²) in [7, 11) is 0. The Labute approximate surface area is 83.4 Å². The summed E-state index contributed by atoms with van der Waals surface area (Å²) in [4.78, 5) is 0. The molecule has 0 aliphatic carbocycles. The van der Waals surface area contributed by atoms with Crippen LogP contribution in [0.25, 0.3) is 0 Å². The fraction of sp³-hybridized carbons (Fsp3) is 0.500. The van der Waals surface area contributed by atoms with Crippen LogP contribution in [0.4, 0.5) is 0 Å². The van der Waals surface area contributed by atoms with Crippen LogP contribution in [0.1, 0.15) is 44.4 Å². The van der Waals surface area contributed by atoms with E-state index in [2.05, 4.69) is 38.2 Å². The zero-order valence-electron chi connectivity index (χ0n) is 9.83. The van der Waals surface area contributed by atoms with Gasteiger partial charge in [-0.1, -0.05) is 27.7 Å². The Kier molecular flexibility index (Phi) is 1930. The number of rotatable bonds is 0. The predicted molar refractivity (Wildman–Crippen MR) is 68.6 cm³/mol. The Morgan fingerprint density at radius 1 is 0.667 bits per heavy atom. The van der Waals surface area contributed by atoms with E-state index in [9.17, 15) is 0 Å². The molecule has 0 aromatic carbocycles. The first-order chi connectivity index (χ1) is 5.91. The van der Waals surface area contributed by atoms with E-state index in [1.54, 1.807) is 0 Å². The van der Waals surface area contributed by atoms with Crippen molar-refractivity contribution in [2.45, 2.75) is 41.5 Å². The van der Waals surface area contributed by atoms with Gasteiger partial charge in [-0.15, -0.1) is 38.2 Å². The molecule has 0 bridgehead atoms. The maximum atomic E-state index is 3.00. The molecule has 78 valence electrons. The lowest BCUT2D eigenvalue weighted by molar-refractivity contribution is 1.50. The highest BCUT2D eigenvalue weighted by Gasteiger charge is 1.26. The normalized spacial score (nSPS) is 2.83. The van der Waals surface area contributed by atoms with Crippen molar-refractivity contribution in [1.82, 2.24) is 0 Å². The third kappa shape index (κ3) is 365000. The minimum atomic E-state index is 0. The zero-order valence-corrected chi connectivity index (χ0v) is 9.83. The standard InChI is InChI=1S/C4H6.2C2H6.2C2H4.2H2/c1-3-4-2;4*1-2;;/h1-2H3;2*1-2H3;2*1-2H2;2*1H. The van der Waals surface area contributed by atoms with E-state index >= 15 is 0 Å². The second kappa shape index (κ2) is 759. The largest absolute Gasteiger partial charge is 0.107 e. The Balaban J connectivity index is -0.00000000887. The summed E-state index contributed by atoms with van der Waals surface area (Å²) in [5.74, 6) is 5.36. The lowest BCUT2D eigenvalue weighted by Crippen LogP contribution is -1.28. The number of hydrogen-bond donors (Lipinski definition) is 0. The van der Waals surface area contributed by atoms with Gasteiger partial charge in [0.05, 0.1) is 0 Å². The van der Waals surface area contributed by atoms with E-state index in [-0.39, 0.29) is 2.85 Å². The molecule has 0 heteroatoms. The summed E-state index contributed by atoms with van der Waals surface area (Å²) >= 11 is 0. The van der Waals surface area contributed by atoms with Gasteiger partial charge in [0.1, 0.15) is 0 Å². The molecule has 0 aromatic heterocycles. The van der Waals surface area contributed by atoms with Gasteiger partial charge in [0, 0.05) is 2.85 Å². The molecule has 0 saturated carbocycles. The third-order valence-electron chi connectivity index (χ3n) is 0.250. The molecule has 12 heavy (non-hydrogen) atoms. The van der Waals surface area contributed by atoms with Crippen molar-refractivity contribution in [3.8, 4) is 11.8 Å². The molecular formula is C12H30. The van der Waals surface area contributed by atoms with E-state index in [4.69, 9.17) is 0 Å². The summed E-state index contributed by atoms with van der Waals surface area (Å²) in [6.07, 6.45) is 0. The molecule has 0 unspecified atom stereocenters. The van der Waals surface area contributed by atoms with Crippen molar-refractivity contribution < 1.29 is 2.85 Å². The zero-order chi connectivity index (χ0) is 11.4. The highest BCUT2D eigenvalue weighted by atomic mass is 13.3. The molecule has 0 aliphatic rings. The van der Waals surface area contributed by atoms with E-state index in [0.29, 0.717) is 0 Å². The average Bonchev–Trinajstić information content (AvgIpc) is 2.29. The molecule has 0 aliphatic heterocycles. The topological polar surface area (TPSA) is 0 Å². The highest BCUT2D eigenvalue weighted by Crippen LogP contribution is 1.39. The van der Waals surface area contributed by atoms with Crippen LogP contribution in [0.3, 0.4) is 0 Å². The average molecular weight is 174 g/mol. The maximum Gasteiger partial charge on any atom is 0 e. The van der Waals surface area contributed by atoms with Gasteiger partial charge in [0.2, 0.25) is 0 Å². The van der Waals surface area contributed by atoms with Crippen molar-refractivity contribution in [1.29, 1.82) is 0 Å². The van der Waals surface area contributed by atoms with Crippen molar-refractivity contribution in [2.24, 2.45) is 0 Å². The first-order valence-corrected chi connectivity index (χ1v) is 4.25. The second-order valence-corrected chi connectivity index (χ2v) is 0.500. The SMILES string of the molecule is C=C.C=C.CC.CC.CC#CC.[HH].[HH]. The fourth-order valence-corrected chi connectivity index (χ4v) is 0. The molecule has 0 saturated heterocycles. The van der Waals surface area contributed by atoms with Crippen LogP contribution in [-0.4, -0.2) is 0 Å². The van der Waals surface area contributed by atoms with E-state index in [1.165, 1.54) is 0 Å². The molecule has 0 aromatic rings. The summed E-state index contributed by atoms with van der Waals surface area (Å²) in [5, 5.41) is 0. The molecule has 0 spiro atoms. The minimum absolute atomic E-state index is 0. The highest BCUT2D eigenvalue weighted by molar-refractivity contribution is 4.89. The third-order valence-corrected chi connectivity index (χ3v) is 0.250. The molecule has 0 radical (unpaired) electrons. The van der Waals surface area contributed by atoms with E-state index < -0.39 is 0 Å². The molecule has 0 N–H and O–H groups in total. The first-order valence-electron chi connectivity index (χ1n) is 4.25. The quantitative estimate of drug-likeness (QED) is 0.351. The second-order valence-electron chi connectivity index (χ2n) is 0.500. The van der Waals surface area contributed by atoms with Gasteiger partial charge >= 0.3 is 0 Å². The first kappa shape index (κ1) is 30.5. The van der Waals surface area contributed by atoms with Crippen LogP contribution in [-0.2, 0) is 0 Å². The molecule has 0 nitrogen and oxygen atoms in total. The van der Waals surface area contributed by atoms with Crippen LogP contribution in [0.5, 0.6) is 0 Å². The number of hydrogen-bond acceptors (Lipinski definition) is 0. The molecule has 0 rings (SSSR count).